The molecule has 0 aliphatic carbocycles. The maximum absolute atomic E-state index is 13.6. The summed E-state index contributed by atoms with van der Waals surface area (Å²) >= 11 is 0. The topological polar surface area (TPSA) is 26.3 Å². The first-order valence-electron chi connectivity index (χ1n) is 6.65. The fourth-order valence-corrected chi connectivity index (χ4v) is 2.19. The molecule has 0 atom stereocenters. The minimum Gasteiger partial charge on any atom is -0.423 e. The van der Waals surface area contributed by atoms with Gasteiger partial charge in [-0.25, -0.2) is 9.18 Å². The molecule has 0 radical (unpaired) electrons. The summed E-state index contributed by atoms with van der Waals surface area (Å²) in [5.74, 6) is -0.344. The lowest BCUT2D eigenvalue weighted by molar-refractivity contribution is -0.133. The van der Waals surface area contributed by atoms with E-state index in [-0.39, 0.29) is 11.8 Å². The van der Waals surface area contributed by atoms with E-state index in [0.29, 0.717) is 23.3 Å². The van der Waals surface area contributed by atoms with Crippen LogP contribution in [0.25, 0.3) is 6.08 Å². The Kier molecular flexibility index (Phi) is 3.65. The van der Waals surface area contributed by atoms with Crippen LogP contribution in [-0.4, -0.2) is 5.97 Å². The molecule has 1 aliphatic rings. The maximum atomic E-state index is 13.6. The van der Waals surface area contributed by atoms with Crippen molar-refractivity contribution < 1.29 is 13.9 Å². The molecule has 0 N–H and O–H groups in total. The van der Waals surface area contributed by atoms with Crippen LogP contribution in [0.4, 0.5) is 4.39 Å². The number of benzene rings is 2. The van der Waals surface area contributed by atoms with E-state index < -0.39 is 0 Å². The molecule has 0 fully saturated rings. The van der Waals surface area contributed by atoms with E-state index >= 15 is 0 Å². The van der Waals surface area contributed by atoms with Crippen LogP contribution in [0.5, 0.6) is 0 Å². The molecule has 104 valence electrons. The van der Waals surface area contributed by atoms with Crippen molar-refractivity contribution in [2.24, 2.45) is 0 Å². The highest BCUT2D eigenvalue weighted by molar-refractivity contribution is 5.94. The molecule has 0 aromatic heterocycles. The molecular formula is C18H13FO2. The first-order chi connectivity index (χ1) is 10.2. The van der Waals surface area contributed by atoms with Crippen molar-refractivity contribution in [2.45, 2.75) is 6.42 Å². The number of halogens is 1. The van der Waals surface area contributed by atoms with Gasteiger partial charge in [0.05, 0.1) is 0 Å². The third kappa shape index (κ3) is 3.08. The molecule has 3 rings (SSSR count). The van der Waals surface area contributed by atoms with E-state index in [9.17, 15) is 9.18 Å². The van der Waals surface area contributed by atoms with Gasteiger partial charge in [-0.1, -0.05) is 48.5 Å². The highest BCUT2D eigenvalue weighted by Gasteiger charge is 2.21. The van der Waals surface area contributed by atoms with Crippen molar-refractivity contribution in [3.63, 3.8) is 0 Å². The SMILES string of the molecule is O=C1O/C(=C\c2ccccc2F)C=C1Cc1ccccc1. The van der Waals surface area contributed by atoms with Crippen molar-refractivity contribution in [1.29, 1.82) is 0 Å². The molecule has 2 nitrogen and oxygen atoms in total. The van der Waals surface area contributed by atoms with Crippen LogP contribution in [0, 0.1) is 5.82 Å². The summed E-state index contributed by atoms with van der Waals surface area (Å²) in [6.07, 6.45) is 3.71. The third-order valence-corrected chi connectivity index (χ3v) is 3.23. The van der Waals surface area contributed by atoms with Gasteiger partial charge in [0.1, 0.15) is 11.6 Å². The molecule has 1 heterocycles. The lowest BCUT2D eigenvalue weighted by Crippen LogP contribution is -2.01. The predicted octanol–water partition coefficient (Wildman–Crippen LogP) is 3.89. The molecule has 2 aromatic rings. The smallest absolute Gasteiger partial charge is 0.339 e. The minimum absolute atomic E-state index is 0.342. The Morgan fingerprint density at radius 3 is 2.48 bits per heavy atom. The number of cyclic esters (lactones) is 1. The number of carbonyl (C=O) groups excluding carboxylic acids is 1. The molecule has 0 spiro atoms. The van der Waals surface area contributed by atoms with E-state index in [1.165, 1.54) is 12.1 Å². The van der Waals surface area contributed by atoms with Gasteiger partial charge in [0, 0.05) is 17.6 Å². The fraction of sp³-hybridized carbons (Fsp3) is 0.0556. The van der Waals surface area contributed by atoms with Gasteiger partial charge in [-0.3, -0.25) is 0 Å². The van der Waals surface area contributed by atoms with Crippen molar-refractivity contribution in [1.82, 2.24) is 0 Å². The molecule has 2 aromatic carbocycles. The van der Waals surface area contributed by atoms with E-state index in [1.807, 2.05) is 30.3 Å². The van der Waals surface area contributed by atoms with Gasteiger partial charge in [0.2, 0.25) is 0 Å². The van der Waals surface area contributed by atoms with Crippen molar-refractivity contribution in [2.75, 3.05) is 0 Å². The quantitative estimate of drug-likeness (QED) is 0.797. The van der Waals surface area contributed by atoms with Crippen molar-refractivity contribution >= 4 is 12.0 Å². The zero-order valence-electron chi connectivity index (χ0n) is 11.3. The number of ether oxygens (including phenoxy) is 1. The van der Waals surface area contributed by atoms with Gasteiger partial charge < -0.3 is 4.74 Å². The zero-order chi connectivity index (χ0) is 14.7. The van der Waals surface area contributed by atoms with Gasteiger partial charge in [-0.15, -0.1) is 0 Å². The largest absolute Gasteiger partial charge is 0.423 e. The molecule has 0 amide bonds. The maximum Gasteiger partial charge on any atom is 0.339 e. The summed E-state index contributed by atoms with van der Waals surface area (Å²) < 4.78 is 18.7. The fourth-order valence-electron chi connectivity index (χ4n) is 2.19. The van der Waals surface area contributed by atoms with E-state index in [0.717, 1.165) is 5.56 Å². The molecule has 0 saturated carbocycles. The molecule has 0 saturated heterocycles. The molecule has 21 heavy (non-hydrogen) atoms. The number of hydrogen-bond acceptors (Lipinski definition) is 2. The third-order valence-electron chi connectivity index (χ3n) is 3.23. The summed E-state index contributed by atoms with van der Waals surface area (Å²) in [5, 5.41) is 0. The molecule has 0 bridgehead atoms. The summed E-state index contributed by atoms with van der Waals surface area (Å²) in [4.78, 5) is 11.8. The number of hydrogen-bond donors (Lipinski definition) is 0. The average molecular weight is 280 g/mol. The summed E-state index contributed by atoms with van der Waals surface area (Å²) in [6.45, 7) is 0. The van der Waals surface area contributed by atoms with Crippen LogP contribution < -0.4 is 0 Å². The second kappa shape index (κ2) is 5.75. The monoisotopic (exact) mass is 280 g/mol. The van der Waals surface area contributed by atoms with Gasteiger partial charge >= 0.3 is 5.97 Å². The Bertz CT molecular complexity index is 730. The zero-order valence-corrected chi connectivity index (χ0v) is 11.3. The number of allylic oxidation sites excluding steroid dienone is 1. The van der Waals surface area contributed by atoms with Gasteiger partial charge in [0.25, 0.3) is 0 Å². The van der Waals surface area contributed by atoms with Crippen LogP contribution in [0.2, 0.25) is 0 Å². The first-order valence-corrected chi connectivity index (χ1v) is 6.65. The van der Waals surface area contributed by atoms with E-state index in [4.69, 9.17) is 4.74 Å². The molecular weight excluding hydrogens is 267 g/mol. The van der Waals surface area contributed by atoms with Crippen LogP contribution in [0.3, 0.4) is 0 Å². The summed E-state index contributed by atoms with van der Waals surface area (Å²) in [5.41, 5.74) is 2.01. The van der Waals surface area contributed by atoms with Crippen LogP contribution in [0.1, 0.15) is 11.1 Å². The Balaban J connectivity index is 1.84. The van der Waals surface area contributed by atoms with Gasteiger partial charge in [-0.05, 0) is 23.8 Å². The average Bonchev–Trinajstić information content (AvgIpc) is 2.82. The summed E-state index contributed by atoms with van der Waals surface area (Å²) in [6, 6.07) is 16.0. The second-order valence-corrected chi connectivity index (χ2v) is 4.79. The van der Waals surface area contributed by atoms with E-state index in [1.54, 1.807) is 24.3 Å². The standard InChI is InChI=1S/C18H13FO2/c19-17-9-5-4-8-14(17)11-16-12-15(18(20)21-16)10-13-6-2-1-3-7-13/h1-9,11-12H,10H2/b16-11-. The Morgan fingerprint density at radius 2 is 1.71 bits per heavy atom. The highest BCUT2D eigenvalue weighted by Crippen LogP contribution is 2.23. The number of esters is 1. The number of carbonyl (C=O) groups is 1. The first kappa shape index (κ1) is 13.3. The van der Waals surface area contributed by atoms with E-state index in [2.05, 4.69) is 0 Å². The Hall–Kier alpha value is -2.68. The van der Waals surface area contributed by atoms with Crippen molar-refractivity contribution in [3.05, 3.63) is 88.9 Å². The summed E-state index contributed by atoms with van der Waals surface area (Å²) in [7, 11) is 0. The predicted molar refractivity (Wildman–Crippen MR) is 78.7 cm³/mol. The van der Waals surface area contributed by atoms with Gasteiger partial charge in [0.15, 0.2) is 0 Å². The molecule has 0 unspecified atom stereocenters. The number of rotatable bonds is 3. The highest BCUT2D eigenvalue weighted by atomic mass is 19.1. The Morgan fingerprint density at radius 1 is 1.00 bits per heavy atom. The normalized spacial score (nSPS) is 16.0. The van der Waals surface area contributed by atoms with Gasteiger partial charge in [-0.2, -0.15) is 0 Å². The van der Waals surface area contributed by atoms with Crippen molar-refractivity contribution in [3.8, 4) is 0 Å². The second-order valence-electron chi connectivity index (χ2n) is 4.79. The lowest BCUT2D eigenvalue weighted by atomic mass is 10.1. The Labute approximate surface area is 122 Å². The van der Waals surface area contributed by atoms with Crippen LogP contribution in [0.15, 0.2) is 72.0 Å². The minimum atomic E-state index is -0.374. The molecule has 1 aliphatic heterocycles. The van der Waals surface area contributed by atoms with Crippen LogP contribution in [-0.2, 0) is 16.0 Å². The molecule has 3 heteroatoms. The van der Waals surface area contributed by atoms with Crippen LogP contribution >= 0.6 is 0 Å². The lowest BCUT2D eigenvalue weighted by Gasteiger charge is -1.99.